The Labute approximate surface area is 123 Å². The van der Waals surface area contributed by atoms with Crippen molar-refractivity contribution in [1.29, 1.82) is 0 Å². The molecule has 0 fully saturated rings. The van der Waals surface area contributed by atoms with Crippen LogP contribution in [0.15, 0.2) is 59.6 Å². The lowest BCUT2D eigenvalue weighted by Gasteiger charge is -2.08. The van der Waals surface area contributed by atoms with E-state index in [4.69, 9.17) is 0 Å². The van der Waals surface area contributed by atoms with Gasteiger partial charge in [0.05, 0.1) is 4.90 Å². The summed E-state index contributed by atoms with van der Waals surface area (Å²) in [6.45, 7) is 0.647. The molecule has 2 aromatic carbocycles. The summed E-state index contributed by atoms with van der Waals surface area (Å²) in [5.74, 6) is 0. The average molecular weight is 300 g/mol. The third-order valence-electron chi connectivity index (χ3n) is 3.38. The molecular formula is C16H16N2O2S. The summed E-state index contributed by atoms with van der Waals surface area (Å²) in [6, 6.07) is 15.1. The van der Waals surface area contributed by atoms with Crippen molar-refractivity contribution in [3.63, 3.8) is 0 Å². The van der Waals surface area contributed by atoms with Crippen molar-refractivity contribution in [3.8, 4) is 0 Å². The van der Waals surface area contributed by atoms with Gasteiger partial charge >= 0.3 is 0 Å². The van der Waals surface area contributed by atoms with Crippen molar-refractivity contribution in [2.45, 2.75) is 11.4 Å². The van der Waals surface area contributed by atoms with Crippen LogP contribution >= 0.6 is 0 Å². The molecule has 0 aliphatic rings. The molecule has 3 rings (SSSR count). The van der Waals surface area contributed by atoms with Crippen LogP contribution in [0.3, 0.4) is 0 Å². The number of fused-ring (bicyclic) bond motifs is 1. The molecule has 5 heteroatoms. The minimum atomic E-state index is -3.17. The lowest BCUT2D eigenvalue weighted by molar-refractivity contribution is 0.602. The first-order valence-electron chi connectivity index (χ1n) is 6.62. The predicted octanol–water partition coefficient (Wildman–Crippen LogP) is 3.18. The van der Waals surface area contributed by atoms with E-state index in [1.807, 2.05) is 30.5 Å². The summed E-state index contributed by atoms with van der Waals surface area (Å²) in [5, 5.41) is 4.42. The Morgan fingerprint density at radius 2 is 1.95 bits per heavy atom. The second-order valence-corrected chi connectivity index (χ2v) is 7.07. The average Bonchev–Trinajstić information content (AvgIpc) is 2.92. The number of H-pyrrole nitrogens is 1. The molecule has 2 N–H and O–H groups in total. The SMILES string of the molecule is CS(=O)(=O)c1cccc(NCc2ccc3[nH]ccc3c2)c1. The highest BCUT2D eigenvalue weighted by atomic mass is 32.2. The summed E-state index contributed by atoms with van der Waals surface area (Å²) < 4.78 is 23.1. The van der Waals surface area contributed by atoms with Crippen LogP contribution in [0.4, 0.5) is 5.69 Å². The van der Waals surface area contributed by atoms with E-state index in [0.717, 1.165) is 16.8 Å². The fourth-order valence-corrected chi connectivity index (χ4v) is 2.92. The van der Waals surface area contributed by atoms with Gasteiger partial charge in [0.25, 0.3) is 0 Å². The fraction of sp³-hybridized carbons (Fsp3) is 0.125. The molecule has 1 aromatic heterocycles. The highest BCUT2D eigenvalue weighted by Crippen LogP contribution is 2.18. The van der Waals surface area contributed by atoms with E-state index in [0.29, 0.717) is 11.4 Å². The number of aromatic nitrogens is 1. The third kappa shape index (κ3) is 3.08. The molecule has 3 aromatic rings. The van der Waals surface area contributed by atoms with E-state index in [1.54, 1.807) is 18.2 Å². The van der Waals surface area contributed by atoms with Crippen LogP contribution in [0, 0.1) is 0 Å². The van der Waals surface area contributed by atoms with Gasteiger partial charge in [-0.3, -0.25) is 0 Å². The van der Waals surface area contributed by atoms with Crippen LogP contribution in [0.25, 0.3) is 10.9 Å². The molecule has 0 aliphatic carbocycles. The first-order chi connectivity index (χ1) is 10.0. The van der Waals surface area contributed by atoms with Crippen LogP contribution in [-0.4, -0.2) is 19.7 Å². The van der Waals surface area contributed by atoms with Gasteiger partial charge < -0.3 is 10.3 Å². The topological polar surface area (TPSA) is 62.0 Å². The molecule has 1 heterocycles. The maximum atomic E-state index is 11.5. The molecule has 0 bridgehead atoms. The summed E-state index contributed by atoms with van der Waals surface area (Å²) in [6.07, 6.45) is 3.13. The standard InChI is InChI=1S/C16H16N2O2S/c1-21(19,20)15-4-2-3-14(10-15)18-11-12-5-6-16-13(9-12)7-8-17-16/h2-10,17-18H,11H2,1H3. The fourth-order valence-electron chi connectivity index (χ4n) is 2.25. The van der Waals surface area contributed by atoms with Gasteiger partial charge in [-0.25, -0.2) is 8.42 Å². The number of benzene rings is 2. The Hall–Kier alpha value is -2.27. The Bertz CT molecular complexity index is 882. The molecule has 0 aliphatic heterocycles. The molecule has 108 valence electrons. The molecule has 0 atom stereocenters. The van der Waals surface area contributed by atoms with Crippen LogP contribution < -0.4 is 5.32 Å². The van der Waals surface area contributed by atoms with Crippen molar-refractivity contribution >= 4 is 26.4 Å². The van der Waals surface area contributed by atoms with Gasteiger partial charge in [-0.15, -0.1) is 0 Å². The normalized spacial score (nSPS) is 11.7. The molecule has 0 spiro atoms. The minimum Gasteiger partial charge on any atom is -0.381 e. The second kappa shape index (κ2) is 5.26. The molecule has 21 heavy (non-hydrogen) atoms. The summed E-state index contributed by atoms with van der Waals surface area (Å²) in [4.78, 5) is 3.48. The van der Waals surface area contributed by atoms with Gasteiger partial charge in [0, 0.05) is 30.2 Å². The number of nitrogens with one attached hydrogen (secondary N) is 2. The highest BCUT2D eigenvalue weighted by molar-refractivity contribution is 7.90. The zero-order chi connectivity index (χ0) is 14.9. The van der Waals surface area contributed by atoms with E-state index in [2.05, 4.69) is 16.4 Å². The van der Waals surface area contributed by atoms with Gasteiger partial charge in [0.2, 0.25) is 0 Å². The molecule has 0 radical (unpaired) electrons. The Kier molecular flexibility index (Phi) is 3.43. The van der Waals surface area contributed by atoms with Crippen molar-refractivity contribution < 1.29 is 8.42 Å². The Balaban J connectivity index is 1.78. The maximum Gasteiger partial charge on any atom is 0.175 e. The molecule has 0 unspecified atom stereocenters. The van der Waals surface area contributed by atoms with E-state index in [9.17, 15) is 8.42 Å². The maximum absolute atomic E-state index is 11.5. The van der Waals surface area contributed by atoms with Gasteiger partial charge in [-0.2, -0.15) is 0 Å². The van der Waals surface area contributed by atoms with Gasteiger partial charge in [0.15, 0.2) is 9.84 Å². The summed E-state index contributed by atoms with van der Waals surface area (Å²) in [5.41, 5.74) is 3.05. The summed E-state index contributed by atoms with van der Waals surface area (Å²) in [7, 11) is -3.17. The summed E-state index contributed by atoms with van der Waals surface area (Å²) >= 11 is 0. The van der Waals surface area contributed by atoms with E-state index >= 15 is 0 Å². The largest absolute Gasteiger partial charge is 0.381 e. The van der Waals surface area contributed by atoms with E-state index in [-0.39, 0.29) is 0 Å². The number of rotatable bonds is 4. The molecule has 0 amide bonds. The highest BCUT2D eigenvalue weighted by Gasteiger charge is 2.07. The lowest BCUT2D eigenvalue weighted by Crippen LogP contribution is -2.02. The van der Waals surface area contributed by atoms with Crippen LogP contribution in [0.1, 0.15) is 5.56 Å². The van der Waals surface area contributed by atoms with Crippen molar-refractivity contribution in [3.05, 3.63) is 60.3 Å². The quantitative estimate of drug-likeness (QED) is 0.778. The molecule has 0 saturated heterocycles. The lowest BCUT2D eigenvalue weighted by atomic mass is 10.1. The number of hydrogen-bond acceptors (Lipinski definition) is 3. The second-order valence-electron chi connectivity index (χ2n) is 5.05. The predicted molar refractivity (Wildman–Crippen MR) is 85.2 cm³/mol. The number of anilines is 1. The van der Waals surface area contributed by atoms with Crippen molar-refractivity contribution in [1.82, 2.24) is 4.98 Å². The third-order valence-corrected chi connectivity index (χ3v) is 4.49. The Morgan fingerprint density at radius 1 is 1.10 bits per heavy atom. The zero-order valence-electron chi connectivity index (χ0n) is 11.6. The van der Waals surface area contributed by atoms with Gasteiger partial charge in [-0.05, 0) is 47.3 Å². The van der Waals surface area contributed by atoms with E-state index < -0.39 is 9.84 Å². The zero-order valence-corrected chi connectivity index (χ0v) is 12.4. The molecule has 0 saturated carbocycles. The number of aromatic amines is 1. The monoisotopic (exact) mass is 300 g/mol. The van der Waals surface area contributed by atoms with Crippen LogP contribution in [0.2, 0.25) is 0 Å². The Morgan fingerprint density at radius 3 is 2.76 bits per heavy atom. The van der Waals surface area contributed by atoms with Gasteiger partial charge in [-0.1, -0.05) is 12.1 Å². The van der Waals surface area contributed by atoms with Gasteiger partial charge in [0.1, 0.15) is 0 Å². The smallest absolute Gasteiger partial charge is 0.175 e. The molecule has 4 nitrogen and oxygen atoms in total. The van der Waals surface area contributed by atoms with Crippen molar-refractivity contribution in [2.75, 3.05) is 11.6 Å². The van der Waals surface area contributed by atoms with E-state index in [1.165, 1.54) is 11.6 Å². The first kappa shape index (κ1) is 13.7. The van der Waals surface area contributed by atoms with Crippen LogP contribution in [-0.2, 0) is 16.4 Å². The first-order valence-corrected chi connectivity index (χ1v) is 8.51. The number of sulfone groups is 1. The van der Waals surface area contributed by atoms with Crippen LogP contribution in [0.5, 0.6) is 0 Å². The van der Waals surface area contributed by atoms with Crippen molar-refractivity contribution in [2.24, 2.45) is 0 Å². The number of hydrogen-bond donors (Lipinski definition) is 2. The minimum absolute atomic E-state index is 0.327. The molecular weight excluding hydrogens is 284 g/mol.